The van der Waals surface area contributed by atoms with Gasteiger partial charge in [0.25, 0.3) is 0 Å². The van der Waals surface area contributed by atoms with Gasteiger partial charge in [-0.15, -0.1) is 0 Å². The summed E-state index contributed by atoms with van der Waals surface area (Å²) in [5.41, 5.74) is -0.549. The van der Waals surface area contributed by atoms with Crippen LogP contribution in [-0.2, 0) is 20.5 Å². The SMILES string of the molecule is O=C(O)C1(c2ccc(F)cc2)CCC(OCC2CC2)(c2ccc(F)cn2)CC1. The molecule has 0 unspecified atom stereocenters. The van der Waals surface area contributed by atoms with Gasteiger partial charge in [-0.05, 0) is 74.3 Å². The highest BCUT2D eigenvalue weighted by atomic mass is 19.1. The fourth-order valence-corrected chi connectivity index (χ4v) is 4.16. The Kier molecular flexibility index (Phi) is 4.91. The van der Waals surface area contributed by atoms with Crippen molar-refractivity contribution in [3.05, 3.63) is 65.5 Å². The number of aromatic nitrogens is 1. The number of carboxylic acid groups (broad SMARTS) is 1. The fourth-order valence-electron chi connectivity index (χ4n) is 4.16. The van der Waals surface area contributed by atoms with Crippen molar-refractivity contribution in [2.45, 2.75) is 49.5 Å². The van der Waals surface area contributed by atoms with Crippen molar-refractivity contribution >= 4 is 5.97 Å². The molecule has 1 heterocycles. The Bertz CT molecular complexity index is 839. The van der Waals surface area contributed by atoms with Crippen LogP contribution in [0.3, 0.4) is 0 Å². The van der Waals surface area contributed by atoms with E-state index < -0.39 is 28.6 Å². The Morgan fingerprint density at radius 1 is 1.04 bits per heavy atom. The highest BCUT2D eigenvalue weighted by Crippen LogP contribution is 2.49. The Morgan fingerprint density at radius 3 is 2.21 bits per heavy atom. The molecule has 0 saturated heterocycles. The van der Waals surface area contributed by atoms with Crippen LogP contribution in [0.2, 0.25) is 0 Å². The van der Waals surface area contributed by atoms with Crippen LogP contribution in [0.15, 0.2) is 42.6 Å². The van der Waals surface area contributed by atoms with E-state index in [9.17, 15) is 18.7 Å². The van der Waals surface area contributed by atoms with E-state index in [2.05, 4.69) is 4.98 Å². The molecule has 28 heavy (non-hydrogen) atoms. The summed E-state index contributed by atoms with van der Waals surface area (Å²) in [5.74, 6) is -1.18. The van der Waals surface area contributed by atoms with Gasteiger partial charge < -0.3 is 9.84 Å². The van der Waals surface area contributed by atoms with Crippen LogP contribution in [0.1, 0.15) is 49.8 Å². The Labute approximate surface area is 162 Å². The topological polar surface area (TPSA) is 59.4 Å². The van der Waals surface area contributed by atoms with Crippen molar-refractivity contribution in [1.29, 1.82) is 0 Å². The number of ether oxygens (including phenoxy) is 1. The molecule has 2 fully saturated rings. The molecule has 1 N–H and O–H groups in total. The molecule has 6 heteroatoms. The van der Waals surface area contributed by atoms with E-state index >= 15 is 0 Å². The summed E-state index contributed by atoms with van der Waals surface area (Å²) in [6.07, 6.45) is 5.07. The second-order valence-corrected chi connectivity index (χ2v) is 8.00. The lowest BCUT2D eigenvalue weighted by Gasteiger charge is -2.44. The summed E-state index contributed by atoms with van der Waals surface area (Å²) >= 11 is 0. The zero-order valence-corrected chi connectivity index (χ0v) is 15.5. The first-order chi connectivity index (χ1) is 13.4. The molecule has 4 rings (SSSR count). The number of aliphatic carboxylic acids is 1. The zero-order chi connectivity index (χ0) is 19.8. The molecule has 148 valence electrons. The maximum atomic E-state index is 13.4. The van der Waals surface area contributed by atoms with E-state index in [1.54, 1.807) is 18.2 Å². The fraction of sp³-hybridized carbons (Fsp3) is 0.455. The highest BCUT2D eigenvalue weighted by Gasteiger charge is 2.50. The van der Waals surface area contributed by atoms with E-state index in [4.69, 9.17) is 4.74 Å². The molecule has 0 spiro atoms. The lowest BCUT2D eigenvalue weighted by Crippen LogP contribution is -2.46. The van der Waals surface area contributed by atoms with Crippen LogP contribution in [0.4, 0.5) is 8.78 Å². The number of hydrogen-bond donors (Lipinski definition) is 1. The molecule has 1 aromatic carbocycles. The number of nitrogens with zero attached hydrogens (tertiary/aromatic N) is 1. The van der Waals surface area contributed by atoms with E-state index in [1.807, 2.05) is 0 Å². The van der Waals surface area contributed by atoms with Gasteiger partial charge in [0.05, 0.1) is 23.9 Å². The predicted molar refractivity (Wildman–Crippen MR) is 98.7 cm³/mol. The lowest BCUT2D eigenvalue weighted by molar-refractivity contribution is -0.151. The van der Waals surface area contributed by atoms with Gasteiger partial charge >= 0.3 is 5.97 Å². The van der Waals surface area contributed by atoms with Gasteiger partial charge in [0.15, 0.2) is 0 Å². The molecule has 2 aliphatic rings. The minimum atomic E-state index is -1.08. The minimum Gasteiger partial charge on any atom is -0.481 e. The Hall–Kier alpha value is -2.34. The lowest BCUT2D eigenvalue weighted by atomic mass is 9.64. The first-order valence-electron chi connectivity index (χ1n) is 9.69. The highest BCUT2D eigenvalue weighted by molar-refractivity contribution is 5.81. The molecule has 1 aromatic heterocycles. The quantitative estimate of drug-likeness (QED) is 0.788. The molecular weight excluding hydrogens is 364 g/mol. The van der Waals surface area contributed by atoms with E-state index in [0.29, 0.717) is 49.5 Å². The summed E-state index contributed by atoms with van der Waals surface area (Å²) in [7, 11) is 0. The predicted octanol–water partition coefficient (Wildman–Crippen LogP) is 4.58. The van der Waals surface area contributed by atoms with Gasteiger partial charge in [-0.25, -0.2) is 8.78 Å². The van der Waals surface area contributed by atoms with Gasteiger partial charge in [-0.3, -0.25) is 9.78 Å². The number of hydrogen-bond acceptors (Lipinski definition) is 3. The van der Waals surface area contributed by atoms with Crippen molar-refractivity contribution in [2.24, 2.45) is 5.92 Å². The third-order valence-electron chi connectivity index (χ3n) is 6.20. The van der Waals surface area contributed by atoms with Crippen LogP contribution in [0.25, 0.3) is 0 Å². The average Bonchev–Trinajstić information content (AvgIpc) is 3.52. The largest absolute Gasteiger partial charge is 0.481 e. The summed E-state index contributed by atoms with van der Waals surface area (Å²) in [6.45, 7) is 0.607. The van der Waals surface area contributed by atoms with Crippen molar-refractivity contribution in [1.82, 2.24) is 4.98 Å². The second-order valence-electron chi connectivity index (χ2n) is 8.00. The first kappa shape index (κ1) is 19.0. The van der Waals surface area contributed by atoms with Crippen molar-refractivity contribution in [3.8, 4) is 0 Å². The maximum absolute atomic E-state index is 13.4. The number of benzene rings is 1. The summed E-state index contributed by atoms with van der Waals surface area (Å²) in [6, 6.07) is 8.70. The van der Waals surface area contributed by atoms with Gasteiger partial charge in [0, 0.05) is 0 Å². The molecule has 0 radical (unpaired) electrons. The van der Waals surface area contributed by atoms with E-state index in [-0.39, 0.29) is 0 Å². The van der Waals surface area contributed by atoms with Gasteiger partial charge in [-0.2, -0.15) is 0 Å². The molecular formula is C22H23F2NO3. The molecule has 0 amide bonds. The van der Waals surface area contributed by atoms with Crippen molar-refractivity contribution < 1.29 is 23.4 Å². The number of carboxylic acids is 1. The Balaban J connectivity index is 1.63. The van der Waals surface area contributed by atoms with E-state index in [1.165, 1.54) is 24.4 Å². The normalized spacial score (nSPS) is 27.5. The van der Waals surface area contributed by atoms with Crippen LogP contribution >= 0.6 is 0 Å². The molecule has 0 bridgehead atoms. The van der Waals surface area contributed by atoms with Gasteiger partial charge in [0.1, 0.15) is 17.2 Å². The number of halogens is 2. The second kappa shape index (κ2) is 7.24. The number of rotatable bonds is 6. The molecule has 2 aromatic rings. The molecule has 4 nitrogen and oxygen atoms in total. The standard InChI is InChI=1S/C22H23F2NO3/c23-17-5-3-16(4-6-17)21(20(26)27)9-11-22(12-10-21,28-14-15-1-2-15)19-8-7-18(24)13-25-19/h3-8,13,15H,1-2,9-12,14H2,(H,26,27). The summed E-state index contributed by atoms with van der Waals surface area (Å²) in [4.78, 5) is 16.5. The molecule has 2 aliphatic carbocycles. The summed E-state index contributed by atoms with van der Waals surface area (Å²) in [5, 5.41) is 10.0. The molecule has 2 saturated carbocycles. The number of pyridine rings is 1. The third-order valence-corrected chi connectivity index (χ3v) is 6.20. The number of carbonyl (C=O) groups is 1. The minimum absolute atomic E-state index is 0.345. The van der Waals surface area contributed by atoms with Crippen molar-refractivity contribution in [3.63, 3.8) is 0 Å². The monoisotopic (exact) mass is 387 g/mol. The van der Waals surface area contributed by atoms with E-state index in [0.717, 1.165) is 12.8 Å². The smallest absolute Gasteiger partial charge is 0.314 e. The van der Waals surface area contributed by atoms with Crippen LogP contribution in [0, 0.1) is 17.6 Å². The van der Waals surface area contributed by atoms with Crippen LogP contribution < -0.4 is 0 Å². The maximum Gasteiger partial charge on any atom is 0.314 e. The van der Waals surface area contributed by atoms with Crippen LogP contribution in [0.5, 0.6) is 0 Å². The van der Waals surface area contributed by atoms with Crippen LogP contribution in [-0.4, -0.2) is 22.7 Å². The summed E-state index contributed by atoms with van der Waals surface area (Å²) < 4.78 is 33.0. The first-order valence-corrected chi connectivity index (χ1v) is 9.69. The zero-order valence-electron chi connectivity index (χ0n) is 15.5. The average molecular weight is 387 g/mol. The molecule has 0 atom stereocenters. The Morgan fingerprint density at radius 2 is 1.68 bits per heavy atom. The third kappa shape index (κ3) is 3.53. The molecule has 0 aliphatic heterocycles. The van der Waals surface area contributed by atoms with Gasteiger partial charge in [0.2, 0.25) is 0 Å². The van der Waals surface area contributed by atoms with Gasteiger partial charge in [-0.1, -0.05) is 12.1 Å². The van der Waals surface area contributed by atoms with Crippen molar-refractivity contribution in [2.75, 3.05) is 6.61 Å².